The van der Waals surface area contributed by atoms with Gasteiger partial charge < -0.3 is 0 Å². The molecule has 2 rings (SSSR count). The van der Waals surface area contributed by atoms with Crippen LogP contribution in [-0.2, 0) is 0 Å². The maximum absolute atomic E-state index is 2.42. The molecule has 2 aliphatic carbocycles. The summed E-state index contributed by atoms with van der Waals surface area (Å²) in [5, 5.41) is 0.794. The molecule has 0 aromatic carbocycles. The van der Waals surface area contributed by atoms with E-state index in [9.17, 15) is 0 Å². The lowest BCUT2D eigenvalue weighted by Crippen LogP contribution is -2.27. The highest BCUT2D eigenvalue weighted by molar-refractivity contribution is 7.44. The molecule has 110 valence electrons. The Morgan fingerprint density at radius 3 is 1.50 bits per heavy atom. The van der Waals surface area contributed by atoms with Crippen molar-refractivity contribution in [1.82, 2.24) is 0 Å². The Kier molecular flexibility index (Phi) is 5.44. The zero-order valence-corrected chi connectivity index (χ0v) is 15.2. The van der Waals surface area contributed by atoms with Crippen LogP contribution in [0.2, 0.25) is 0 Å². The molecular formula is C18H28P2. The summed E-state index contributed by atoms with van der Waals surface area (Å²) >= 11 is 0. The smallest absolute Gasteiger partial charge is 0.00904 e. The summed E-state index contributed by atoms with van der Waals surface area (Å²) in [4.78, 5) is 0. The van der Waals surface area contributed by atoms with E-state index in [2.05, 4.69) is 76.3 Å². The van der Waals surface area contributed by atoms with Gasteiger partial charge in [-0.15, -0.1) is 17.2 Å². The standard InChI is InChI=1S/C18H28P2/c1-15-9-5-7-11-17(15,3)19-13-14-20-18(4)12-8-6-10-16(18)2/h5-12,15-16,19-20H,13-14H2,1-4H3. The SMILES string of the molecule is CC1C=CC=CC1(C)PCCPC1(C)C=CC=CC1C. The number of hydrogen-bond donors (Lipinski definition) is 0. The summed E-state index contributed by atoms with van der Waals surface area (Å²) in [7, 11) is 2.08. The van der Waals surface area contributed by atoms with Crippen molar-refractivity contribution in [2.24, 2.45) is 11.8 Å². The van der Waals surface area contributed by atoms with E-state index in [0.29, 0.717) is 22.1 Å². The number of rotatable bonds is 5. The molecule has 0 nitrogen and oxygen atoms in total. The third-order valence-corrected chi connectivity index (χ3v) is 9.20. The van der Waals surface area contributed by atoms with E-state index in [1.807, 2.05) is 0 Å². The second-order valence-corrected chi connectivity index (χ2v) is 10.3. The van der Waals surface area contributed by atoms with Crippen molar-refractivity contribution in [3.05, 3.63) is 48.6 Å². The first-order valence-electron chi connectivity index (χ1n) is 7.68. The quantitative estimate of drug-likeness (QED) is 0.472. The highest BCUT2D eigenvalue weighted by atomic mass is 31.1. The molecule has 0 heterocycles. The van der Waals surface area contributed by atoms with Gasteiger partial charge in [-0.1, -0.05) is 76.3 Å². The van der Waals surface area contributed by atoms with Gasteiger partial charge in [0, 0.05) is 10.3 Å². The van der Waals surface area contributed by atoms with Crippen molar-refractivity contribution < 1.29 is 0 Å². The van der Waals surface area contributed by atoms with Gasteiger partial charge in [-0.3, -0.25) is 0 Å². The van der Waals surface area contributed by atoms with Crippen molar-refractivity contribution in [3.63, 3.8) is 0 Å². The van der Waals surface area contributed by atoms with Gasteiger partial charge in [0.15, 0.2) is 0 Å². The second-order valence-electron chi connectivity index (χ2n) is 6.48. The molecule has 20 heavy (non-hydrogen) atoms. The molecule has 0 radical (unpaired) electrons. The Morgan fingerprint density at radius 2 is 1.15 bits per heavy atom. The monoisotopic (exact) mass is 306 g/mol. The van der Waals surface area contributed by atoms with E-state index in [0.717, 1.165) is 17.2 Å². The first kappa shape index (κ1) is 16.2. The van der Waals surface area contributed by atoms with E-state index >= 15 is 0 Å². The van der Waals surface area contributed by atoms with Gasteiger partial charge in [-0.25, -0.2) is 0 Å². The molecule has 0 fully saturated rings. The van der Waals surface area contributed by atoms with E-state index in [1.165, 1.54) is 12.3 Å². The lowest BCUT2D eigenvalue weighted by molar-refractivity contribution is 0.592. The Morgan fingerprint density at radius 1 is 0.750 bits per heavy atom. The summed E-state index contributed by atoms with van der Waals surface area (Å²) < 4.78 is 0. The largest absolute Gasteiger partial charge is 0.111 e. The van der Waals surface area contributed by atoms with Crippen LogP contribution in [0.4, 0.5) is 0 Å². The molecule has 0 spiro atoms. The summed E-state index contributed by atoms with van der Waals surface area (Å²) in [5.41, 5.74) is 0. The van der Waals surface area contributed by atoms with Crippen molar-refractivity contribution in [2.45, 2.75) is 38.0 Å². The number of hydrogen-bond acceptors (Lipinski definition) is 0. The molecule has 6 unspecified atom stereocenters. The van der Waals surface area contributed by atoms with Gasteiger partial charge in [0.2, 0.25) is 0 Å². The maximum Gasteiger partial charge on any atom is 0.00904 e. The summed E-state index contributed by atoms with van der Waals surface area (Å²) in [6.45, 7) is 9.56. The molecule has 0 saturated heterocycles. The Labute approximate surface area is 128 Å². The van der Waals surface area contributed by atoms with Gasteiger partial charge in [0.1, 0.15) is 0 Å². The molecule has 0 amide bonds. The van der Waals surface area contributed by atoms with Gasteiger partial charge in [-0.2, -0.15) is 0 Å². The minimum Gasteiger partial charge on any atom is -0.111 e. The topological polar surface area (TPSA) is 0 Å². The Bertz CT molecular complexity index is 404. The predicted octanol–water partition coefficient (Wildman–Crippen LogP) is 5.39. The van der Waals surface area contributed by atoms with Crippen LogP contribution in [-0.4, -0.2) is 22.6 Å². The third kappa shape index (κ3) is 3.72. The molecule has 0 N–H and O–H groups in total. The first-order chi connectivity index (χ1) is 9.46. The average molecular weight is 306 g/mol. The van der Waals surface area contributed by atoms with Crippen LogP contribution in [0.15, 0.2) is 48.6 Å². The zero-order valence-electron chi connectivity index (χ0n) is 13.2. The summed E-state index contributed by atoms with van der Waals surface area (Å²) in [6, 6.07) is 0. The van der Waals surface area contributed by atoms with Crippen molar-refractivity contribution in [2.75, 3.05) is 12.3 Å². The minimum atomic E-state index is 0.397. The maximum atomic E-state index is 2.42. The molecule has 0 bridgehead atoms. The van der Waals surface area contributed by atoms with Crippen LogP contribution in [0.1, 0.15) is 27.7 Å². The second kappa shape index (κ2) is 6.72. The third-order valence-electron chi connectivity index (χ3n) is 4.94. The number of allylic oxidation sites excluding steroid dienone is 8. The lowest BCUT2D eigenvalue weighted by atomic mass is 9.91. The first-order valence-corrected chi connectivity index (χ1v) is 10.1. The lowest BCUT2D eigenvalue weighted by Gasteiger charge is -2.35. The van der Waals surface area contributed by atoms with E-state index in [-0.39, 0.29) is 0 Å². The Hall–Kier alpha value is -0.180. The van der Waals surface area contributed by atoms with Crippen LogP contribution >= 0.6 is 17.2 Å². The molecule has 0 aromatic heterocycles. The highest BCUT2D eigenvalue weighted by Gasteiger charge is 2.30. The molecule has 6 atom stereocenters. The van der Waals surface area contributed by atoms with Crippen LogP contribution in [0.25, 0.3) is 0 Å². The molecular weight excluding hydrogens is 278 g/mol. The molecule has 2 heteroatoms. The fourth-order valence-corrected chi connectivity index (χ4v) is 6.12. The minimum absolute atomic E-state index is 0.397. The normalized spacial score (nSPS) is 40.6. The van der Waals surface area contributed by atoms with Crippen molar-refractivity contribution in [1.29, 1.82) is 0 Å². The van der Waals surface area contributed by atoms with Gasteiger partial charge in [0.25, 0.3) is 0 Å². The predicted molar refractivity (Wildman–Crippen MR) is 98.1 cm³/mol. The summed E-state index contributed by atoms with van der Waals surface area (Å²) in [6.07, 6.45) is 21.1. The zero-order chi connectivity index (χ0) is 14.6. The van der Waals surface area contributed by atoms with Crippen LogP contribution < -0.4 is 0 Å². The van der Waals surface area contributed by atoms with Gasteiger partial charge in [-0.05, 0) is 24.2 Å². The van der Waals surface area contributed by atoms with Gasteiger partial charge >= 0.3 is 0 Å². The molecule has 2 aliphatic rings. The Balaban J connectivity index is 1.80. The highest BCUT2D eigenvalue weighted by Crippen LogP contribution is 2.46. The van der Waals surface area contributed by atoms with Crippen LogP contribution in [0.3, 0.4) is 0 Å². The molecule has 0 aliphatic heterocycles. The van der Waals surface area contributed by atoms with Crippen LogP contribution in [0.5, 0.6) is 0 Å². The van der Waals surface area contributed by atoms with Crippen molar-refractivity contribution in [3.8, 4) is 0 Å². The molecule has 0 aromatic rings. The average Bonchev–Trinajstić information content (AvgIpc) is 2.42. The fraction of sp³-hybridized carbons (Fsp3) is 0.556. The van der Waals surface area contributed by atoms with E-state index in [4.69, 9.17) is 0 Å². The summed E-state index contributed by atoms with van der Waals surface area (Å²) in [5.74, 6) is 1.36. The van der Waals surface area contributed by atoms with Crippen molar-refractivity contribution >= 4 is 17.2 Å². The van der Waals surface area contributed by atoms with E-state index in [1.54, 1.807) is 0 Å². The fourth-order valence-electron chi connectivity index (χ4n) is 2.78. The van der Waals surface area contributed by atoms with E-state index < -0.39 is 0 Å². The molecule has 0 saturated carbocycles. The van der Waals surface area contributed by atoms with Crippen LogP contribution in [0, 0.1) is 11.8 Å². The van der Waals surface area contributed by atoms with Gasteiger partial charge in [0.05, 0.1) is 0 Å².